The predicted molar refractivity (Wildman–Crippen MR) is 94.1 cm³/mol. The van der Waals surface area contributed by atoms with Crippen molar-refractivity contribution in [2.24, 2.45) is 0 Å². The molecule has 1 aromatic heterocycles. The molecule has 0 radical (unpaired) electrons. The molecule has 0 spiro atoms. The number of nitrogens with zero attached hydrogens (tertiary/aromatic N) is 4. The molecule has 1 aromatic carbocycles. The van der Waals surface area contributed by atoms with Crippen LogP contribution in [0.5, 0.6) is 0 Å². The van der Waals surface area contributed by atoms with Gasteiger partial charge in [0.05, 0.1) is 30.4 Å². The van der Waals surface area contributed by atoms with Gasteiger partial charge < -0.3 is 9.67 Å². The van der Waals surface area contributed by atoms with Crippen LogP contribution in [0.1, 0.15) is 11.6 Å². The Hall–Kier alpha value is -2.00. The van der Waals surface area contributed by atoms with Crippen molar-refractivity contribution in [2.45, 2.75) is 12.1 Å². The van der Waals surface area contributed by atoms with Crippen LogP contribution >= 0.6 is 0 Å². The maximum Gasteiger partial charge on any atom is 0.281 e. The number of hydrogen-bond acceptors (Lipinski definition) is 4. The number of rotatable bonds is 3. The van der Waals surface area contributed by atoms with E-state index < -0.39 is 16.3 Å². The van der Waals surface area contributed by atoms with Gasteiger partial charge in [-0.15, -0.1) is 0 Å². The average Bonchev–Trinajstić information content (AvgIpc) is 3.16. The molecule has 0 fully saturated rings. The molecule has 0 saturated heterocycles. The van der Waals surface area contributed by atoms with E-state index in [4.69, 9.17) is 0 Å². The number of imidazole rings is 1. The summed E-state index contributed by atoms with van der Waals surface area (Å²) < 4.78 is 29.1. The lowest BCUT2D eigenvalue weighted by molar-refractivity contribution is 0.160. The lowest BCUT2D eigenvalue weighted by atomic mass is 9.92. The third-order valence-corrected chi connectivity index (χ3v) is 6.74. The van der Waals surface area contributed by atoms with Gasteiger partial charge in [0, 0.05) is 32.7 Å². The molecule has 7 nitrogen and oxygen atoms in total. The van der Waals surface area contributed by atoms with Gasteiger partial charge in [-0.1, -0.05) is 30.3 Å². The van der Waals surface area contributed by atoms with Crippen LogP contribution in [-0.4, -0.2) is 65.0 Å². The van der Waals surface area contributed by atoms with Crippen molar-refractivity contribution in [1.82, 2.24) is 18.2 Å². The van der Waals surface area contributed by atoms with Gasteiger partial charge in [-0.25, -0.2) is 4.98 Å². The predicted octanol–water partition coefficient (Wildman–Crippen LogP) is 0.862. The van der Waals surface area contributed by atoms with Crippen molar-refractivity contribution >= 4 is 10.2 Å². The van der Waals surface area contributed by atoms with E-state index in [1.165, 1.54) is 18.4 Å². The number of fused-ring (bicyclic) bond motifs is 3. The molecule has 2 aromatic rings. The minimum absolute atomic E-state index is 0.0506. The summed E-state index contributed by atoms with van der Waals surface area (Å²) in [5.41, 5.74) is 4.03. The fourth-order valence-electron chi connectivity index (χ4n) is 3.61. The van der Waals surface area contributed by atoms with E-state index in [1.807, 2.05) is 41.1 Å². The maximum atomic E-state index is 12.3. The van der Waals surface area contributed by atoms with Crippen LogP contribution in [0.15, 0.2) is 48.4 Å². The van der Waals surface area contributed by atoms with Crippen LogP contribution in [-0.2, 0) is 10.2 Å². The van der Waals surface area contributed by atoms with Gasteiger partial charge in [0.2, 0.25) is 0 Å². The Morgan fingerprint density at radius 2 is 2.04 bits per heavy atom. The first-order valence-corrected chi connectivity index (χ1v) is 9.47. The zero-order chi connectivity index (χ0) is 17.8. The highest BCUT2D eigenvalue weighted by Gasteiger charge is 2.38. The van der Waals surface area contributed by atoms with Crippen molar-refractivity contribution < 1.29 is 13.5 Å². The van der Waals surface area contributed by atoms with E-state index in [0.29, 0.717) is 0 Å². The summed E-state index contributed by atoms with van der Waals surface area (Å²) in [5.74, 6) is 0. The van der Waals surface area contributed by atoms with Crippen LogP contribution in [0.25, 0.3) is 11.3 Å². The Bertz CT molecular complexity index is 948. The molecular weight excluding hydrogens is 340 g/mol. The zero-order valence-corrected chi connectivity index (χ0v) is 14.9. The third kappa shape index (κ3) is 2.44. The van der Waals surface area contributed by atoms with E-state index >= 15 is 0 Å². The lowest BCUT2D eigenvalue weighted by Gasteiger charge is -2.33. The van der Waals surface area contributed by atoms with E-state index in [1.54, 1.807) is 6.33 Å². The molecule has 0 amide bonds. The van der Waals surface area contributed by atoms with E-state index in [0.717, 1.165) is 26.7 Å². The molecule has 2 aliphatic heterocycles. The highest BCUT2D eigenvalue weighted by molar-refractivity contribution is 7.86. The van der Waals surface area contributed by atoms with E-state index in [2.05, 4.69) is 4.98 Å². The highest BCUT2D eigenvalue weighted by Crippen LogP contribution is 2.44. The lowest BCUT2D eigenvalue weighted by Crippen LogP contribution is -2.47. The van der Waals surface area contributed by atoms with Crippen molar-refractivity contribution in [3.05, 3.63) is 54.0 Å². The maximum absolute atomic E-state index is 12.3. The minimum atomic E-state index is -3.55. The summed E-state index contributed by atoms with van der Waals surface area (Å²) >= 11 is 0. The van der Waals surface area contributed by atoms with Gasteiger partial charge in [-0.05, 0) is 11.1 Å². The van der Waals surface area contributed by atoms with Crippen LogP contribution < -0.4 is 0 Å². The fraction of sp³-hybridized carbons (Fsp3) is 0.353. The molecule has 0 unspecified atom stereocenters. The van der Waals surface area contributed by atoms with Gasteiger partial charge in [-0.2, -0.15) is 17.0 Å². The van der Waals surface area contributed by atoms with Gasteiger partial charge in [0.1, 0.15) is 0 Å². The molecule has 0 bridgehead atoms. The molecule has 4 rings (SSSR count). The van der Waals surface area contributed by atoms with Gasteiger partial charge >= 0.3 is 0 Å². The molecule has 8 heteroatoms. The second-order valence-electron chi connectivity index (χ2n) is 6.50. The van der Waals surface area contributed by atoms with Gasteiger partial charge in [-0.3, -0.25) is 0 Å². The smallest absolute Gasteiger partial charge is 0.281 e. The first kappa shape index (κ1) is 16.5. The number of aliphatic hydroxyl groups is 1. The van der Waals surface area contributed by atoms with Gasteiger partial charge in [0.15, 0.2) is 0 Å². The molecule has 3 heterocycles. The summed E-state index contributed by atoms with van der Waals surface area (Å²) in [7, 11) is -0.563. The molecule has 1 N–H and O–H groups in total. The molecule has 2 aliphatic rings. The highest BCUT2D eigenvalue weighted by atomic mass is 32.2. The van der Waals surface area contributed by atoms with Crippen molar-refractivity contribution in [1.29, 1.82) is 0 Å². The Morgan fingerprint density at radius 1 is 1.28 bits per heavy atom. The first-order valence-electron chi connectivity index (χ1n) is 8.08. The second-order valence-corrected chi connectivity index (χ2v) is 8.65. The summed E-state index contributed by atoms with van der Waals surface area (Å²) in [6.45, 7) is 0.296. The topological polar surface area (TPSA) is 78.7 Å². The van der Waals surface area contributed by atoms with Crippen LogP contribution in [0.3, 0.4) is 0 Å². The normalized spacial score (nSPS) is 23.4. The van der Waals surface area contributed by atoms with E-state index in [-0.39, 0.29) is 19.1 Å². The minimum Gasteiger partial charge on any atom is -0.387 e. The van der Waals surface area contributed by atoms with Crippen molar-refractivity contribution in [3.63, 3.8) is 0 Å². The number of hydrogen-bond donors (Lipinski definition) is 1. The average molecular weight is 360 g/mol. The Balaban J connectivity index is 1.73. The molecule has 132 valence electrons. The molecule has 2 atom stereocenters. The van der Waals surface area contributed by atoms with Crippen molar-refractivity contribution in [2.75, 3.05) is 27.2 Å². The summed E-state index contributed by atoms with van der Waals surface area (Å²) in [6, 6.07) is 7.90. The quantitative estimate of drug-likeness (QED) is 0.824. The third-order valence-electron chi connectivity index (χ3n) is 4.87. The van der Waals surface area contributed by atoms with Crippen molar-refractivity contribution in [3.8, 4) is 11.3 Å². The largest absolute Gasteiger partial charge is 0.387 e. The summed E-state index contributed by atoms with van der Waals surface area (Å²) in [5, 5.41) is 10.7. The SMILES string of the molecule is CN(C)S(=O)(=O)N1CC=C([C@H]2c3ccccc3-c3cncn32)[C@@H](O)C1. The van der Waals surface area contributed by atoms with Crippen LogP contribution in [0.2, 0.25) is 0 Å². The fourth-order valence-corrected chi connectivity index (χ4v) is 4.66. The summed E-state index contributed by atoms with van der Waals surface area (Å²) in [6.07, 6.45) is 4.54. The van der Waals surface area contributed by atoms with E-state index in [9.17, 15) is 13.5 Å². The van der Waals surface area contributed by atoms with Gasteiger partial charge in [0.25, 0.3) is 10.2 Å². The Kier molecular flexibility index (Phi) is 3.80. The molecule has 25 heavy (non-hydrogen) atoms. The molecular formula is C17H20N4O3S. The Labute approximate surface area is 147 Å². The molecule has 0 saturated carbocycles. The van der Waals surface area contributed by atoms with Crippen LogP contribution in [0.4, 0.5) is 0 Å². The Morgan fingerprint density at radius 3 is 2.76 bits per heavy atom. The van der Waals surface area contributed by atoms with Crippen LogP contribution in [0, 0.1) is 0 Å². The number of aliphatic hydroxyl groups excluding tert-OH is 1. The standard InChI is InChI=1S/C17H20N4O3S/c1-19(2)25(23,24)20-8-7-14(16(22)10-20)17-13-6-4-3-5-12(13)15-9-18-11-21(15)17/h3-7,9,11,16-17,22H,8,10H2,1-2H3/t16-,17+/m0/s1. The molecule has 0 aliphatic carbocycles. The first-order chi connectivity index (χ1) is 11.9. The second kappa shape index (κ2) is 5.77. The zero-order valence-electron chi connectivity index (χ0n) is 14.1. The summed E-state index contributed by atoms with van der Waals surface area (Å²) in [4.78, 5) is 4.23. The number of aromatic nitrogens is 2. The number of benzene rings is 1. The monoisotopic (exact) mass is 360 g/mol. The number of β-amino-alcohol motifs (C(OH)–C–C–N with tert-alkyl or cyclic N) is 1.